The molecular weight excluding hydrogens is 232 g/mol. The first-order chi connectivity index (χ1) is 9.28. The zero-order valence-electron chi connectivity index (χ0n) is 11.0. The van der Waals surface area contributed by atoms with E-state index in [1.165, 1.54) is 11.1 Å². The zero-order valence-corrected chi connectivity index (χ0v) is 11.0. The molecule has 2 aromatic carbocycles. The molecule has 19 heavy (non-hydrogen) atoms. The number of rotatable bonds is 2. The number of nitrogens with one attached hydrogen (secondary N) is 1. The predicted molar refractivity (Wildman–Crippen MR) is 77.2 cm³/mol. The molecule has 0 heterocycles. The van der Waals surface area contributed by atoms with E-state index in [9.17, 15) is 5.26 Å². The fourth-order valence-electron chi connectivity index (χ4n) is 2.82. The van der Waals surface area contributed by atoms with Crippen LogP contribution >= 0.6 is 0 Å². The van der Waals surface area contributed by atoms with Crippen LogP contribution in [0.4, 0.5) is 5.69 Å². The molecule has 2 nitrogen and oxygen atoms in total. The van der Waals surface area contributed by atoms with Crippen LogP contribution in [0.25, 0.3) is 0 Å². The summed E-state index contributed by atoms with van der Waals surface area (Å²) in [7, 11) is 0. The lowest BCUT2D eigenvalue weighted by atomic mass is 10.1. The summed E-state index contributed by atoms with van der Waals surface area (Å²) >= 11 is 0. The van der Waals surface area contributed by atoms with E-state index in [4.69, 9.17) is 0 Å². The number of fused-ring (bicyclic) bond motifs is 1. The van der Waals surface area contributed by atoms with Crippen molar-refractivity contribution in [1.29, 1.82) is 5.26 Å². The molecule has 94 valence electrons. The van der Waals surface area contributed by atoms with Crippen molar-refractivity contribution in [3.05, 3.63) is 64.7 Å². The molecule has 0 saturated heterocycles. The van der Waals surface area contributed by atoms with Crippen molar-refractivity contribution < 1.29 is 0 Å². The summed E-state index contributed by atoms with van der Waals surface area (Å²) in [6.45, 7) is 1.98. The van der Waals surface area contributed by atoms with E-state index in [2.05, 4.69) is 35.7 Å². The van der Waals surface area contributed by atoms with Gasteiger partial charge >= 0.3 is 0 Å². The maximum atomic E-state index is 9.26. The lowest BCUT2D eigenvalue weighted by Crippen LogP contribution is -2.20. The minimum Gasteiger partial charge on any atom is -0.381 e. The Labute approximate surface area is 113 Å². The Balaban J connectivity index is 1.82. The van der Waals surface area contributed by atoms with E-state index in [0.717, 1.165) is 29.7 Å². The molecule has 0 aliphatic heterocycles. The maximum absolute atomic E-state index is 9.26. The third-order valence-corrected chi connectivity index (χ3v) is 3.80. The van der Waals surface area contributed by atoms with Crippen LogP contribution < -0.4 is 5.32 Å². The van der Waals surface area contributed by atoms with E-state index in [-0.39, 0.29) is 0 Å². The summed E-state index contributed by atoms with van der Waals surface area (Å²) in [5.41, 5.74) is 5.60. The normalized spacial score (nSPS) is 13.9. The van der Waals surface area contributed by atoms with Crippen LogP contribution in [0.5, 0.6) is 0 Å². The average Bonchev–Trinajstić information content (AvgIpc) is 2.81. The van der Waals surface area contributed by atoms with Crippen molar-refractivity contribution in [3.63, 3.8) is 0 Å². The fraction of sp³-hybridized carbons (Fsp3) is 0.235. The molecule has 0 radical (unpaired) electrons. The Morgan fingerprint density at radius 3 is 2.37 bits per heavy atom. The van der Waals surface area contributed by atoms with Crippen molar-refractivity contribution in [1.82, 2.24) is 0 Å². The Morgan fingerprint density at radius 1 is 1.05 bits per heavy atom. The lowest BCUT2D eigenvalue weighted by Gasteiger charge is -2.15. The van der Waals surface area contributed by atoms with Gasteiger partial charge in [-0.15, -0.1) is 0 Å². The molecule has 1 aliphatic carbocycles. The number of hydrogen-bond acceptors (Lipinski definition) is 2. The minimum absolute atomic E-state index is 0.395. The number of nitrogens with zero attached hydrogens (tertiary/aromatic N) is 1. The minimum atomic E-state index is 0.395. The van der Waals surface area contributed by atoms with Crippen molar-refractivity contribution in [2.45, 2.75) is 25.8 Å². The molecule has 0 saturated carbocycles. The quantitative estimate of drug-likeness (QED) is 0.883. The first-order valence-corrected chi connectivity index (χ1v) is 6.61. The Bertz CT molecular complexity index is 628. The third kappa shape index (κ3) is 2.20. The standard InChI is InChI=1S/C17H16N2/c1-12-5-4-8-17(16(12)11-18)19-15-9-13-6-2-3-7-14(13)10-15/h2-8,15,19H,9-10H2,1H3. The number of aryl methyl sites for hydroxylation is 1. The molecular formula is C17H16N2. The molecule has 0 amide bonds. The van der Waals surface area contributed by atoms with Gasteiger partial charge in [0.05, 0.1) is 11.3 Å². The Kier molecular flexibility index (Phi) is 2.97. The third-order valence-electron chi connectivity index (χ3n) is 3.80. The van der Waals surface area contributed by atoms with Crippen LogP contribution in [-0.2, 0) is 12.8 Å². The Morgan fingerprint density at radius 2 is 1.74 bits per heavy atom. The highest BCUT2D eigenvalue weighted by atomic mass is 14.9. The second-order valence-corrected chi connectivity index (χ2v) is 5.13. The summed E-state index contributed by atoms with van der Waals surface area (Å²) in [5, 5.41) is 12.8. The van der Waals surface area contributed by atoms with Gasteiger partial charge in [-0.3, -0.25) is 0 Å². The first-order valence-electron chi connectivity index (χ1n) is 6.61. The highest BCUT2D eigenvalue weighted by Crippen LogP contribution is 2.26. The van der Waals surface area contributed by atoms with E-state index >= 15 is 0 Å². The molecule has 0 aromatic heterocycles. The van der Waals surface area contributed by atoms with Crippen molar-refractivity contribution in [3.8, 4) is 6.07 Å². The van der Waals surface area contributed by atoms with E-state index in [0.29, 0.717) is 6.04 Å². The molecule has 0 bridgehead atoms. The fourth-order valence-corrected chi connectivity index (χ4v) is 2.82. The van der Waals surface area contributed by atoms with Gasteiger partial charge in [0.2, 0.25) is 0 Å². The predicted octanol–water partition coefficient (Wildman–Crippen LogP) is 3.45. The van der Waals surface area contributed by atoms with E-state index in [1.54, 1.807) is 0 Å². The van der Waals surface area contributed by atoms with Gasteiger partial charge in [0.25, 0.3) is 0 Å². The van der Waals surface area contributed by atoms with Gasteiger partial charge in [-0.25, -0.2) is 0 Å². The summed E-state index contributed by atoms with van der Waals surface area (Å²) in [4.78, 5) is 0. The first kappa shape index (κ1) is 11.8. The highest BCUT2D eigenvalue weighted by Gasteiger charge is 2.21. The van der Waals surface area contributed by atoms with Gasteiger partial charge in [0.15, 0.2) is 0 Å². The van der Waals surface area contributed by atoms with Gasteiger partial charge in [0, 0.05) is 6.04 Å². The van der Waals surface area contributed by atoms with Gasteiger partial charge < -0.3 is 5.32 Å². The molecule has 3 rings (SSSR count). The topological polar surface area (TPSA) is 35.8 Å². The summed E-state index contributed by atoms with van der Waals surface area (Å²) in [6, 6.07) is 17.2. The molecule has 1 N–H and O–H groups in total. The van der Waals surface area contributed by atoms with Crippen LogP contribution in [0.15, 0.2) is 42.5 Å². The Hall–Kier alpha value is -2.27. The number of benzene rings is 2. The van der Waals surface area contributed by atoms with Crippen LogP contribution in [0.1, 0.15) is 22.3 Å². The van der Waals surface area contributed by atoms with E-state index in [1.807, 2.05) is 25.1 Å². The molecule has 0 unspecified atom stereocenters. The largest absolute Gasteiger partial charge is 0.381 e. The van der Waals surface area contributed by atoms with Crippen LogP contribution in [0, 0.1) is 18.3 Å². The average molecular weight is 248 g/mol. The van der Waals surface area contributed by atoms with Crippen molar-refractivity contribution >= 4 is 5.69 Å². The van der Waals surface area contributed by atoms with Gasteiger partial charge in [-0.05, 0) is 42.5 Å². The van der Waals surface area contributed by atoms with E-state index < -0.39 is 0 Å². The molecule has 2 aromatic rings. The second-order valence-electron chi connectivity index (χ2n) is 5.13. The van der Waals surface area contributed by atoms with Crippen LogP contribution in [0.3, 0.4) is 0 Å². The van der Waals surface area contributed by atoms with Gasteiger partial charge in [-0.2, -0.15) is 5.26 Å². The highest BCUT2D eigenvalue weighted by molar-refractivity contribution is 5.61. The maximum Gasteiger partial charge on any atom is 0.102 e. The zero-order chi connectivity index (χ0) is 13.2. The summed E-state index contributed by atoms with van der Waals surface area (Å²) < 4.78 is 0. The van der Waals surface area contributed by atoms with Crippen LogP contribution in [-0.4, -0.2) is 6.04 Å². The monoisotopic (exact) mass is 248 g/mol. The van der Waals surface area contributed by atoms with Crippen molar-refractivity contribution in [2.24, 2.45) is 0 Å². The SMILES string of the molecule is Cc1cccc(NC2Cc3ccccc3C2)c1C#N. The van der Waals surface area contributed by atoms with Crippen LogP contribution in [0.2, 0.25) is 0 Å². The molecule has 0 fully saturated rings. The molecule has 1 aliphatic rings. The smallest absolute Gasteiger partial charge is 0.102 e. The van der Waals surface area contributed by atoms with Gasteiger partial charge in [-0.1, -0.05) is 36.4 Å². The van der Waals surface area contributed by atoms with Crippen molar-refractivity contribution in [2.75, 3.05) is 5.32 Å². The lowest BCUT2D eigenvalue weighted by molar-refractivity contribution is 0.774. The number of anilines is 1. The number of nitriles is 1. The number of hydrogen-bond donors (Lipinski definition) is 1. The molecule has 2 heteroatoms. The summed E-state index contributed by atoms with van der Waals surface area (Å²) in [6.07, 6.45) is 2.07. The summed E-state index contributed by atoms with van der Waals surface area (Å²) in [5.74, 6) is 0. The molecule has 0 atom stereocenters. The second kappa shape index (κ2) is 4.78. The molecule has 0 spiro atoms. The van der Waals surface area contributed by atoms with Gasteiger partial charge in [0.1, 0.15) is 6.07 Å².